The van der Waals surface area contributed by atoms with Crippen LogP contribution in [-0.2, 0) is 9.53 Å². The highest BCUT2D eigenvalue weighted by atomic mass is 19.1. The summed E-state index contributed by atoms with van der Waals surface area (Å²) in [4.78, 5) is 28.6. The van der Waals surface area contributed by atoms with E-state index in [1.165, 1.54) is 12.1 Å². The topological polar surface area (TPSA) is 61.9 Å². The van der Waals surface area contributed by atoms with Crippen molar-refractivity contribution in [1.82, 2.24) is 10.2 Å². The quantitative estimate of drug-likeness (QED) is 0.794. The summed E-state index contributed by atoms with van der Waals surface area (Å²) in [5.74, 6) is -0.324. The molecule has 158 valence electrons. The number of anilines is 1. The summed E-state index contributed by atoms with van der Waals surface area (Å²) in [6.07, 6.45) is 1.45. The first-order valence-electron chi connectivity index (χ1n) is 10.4. The van der Waals surface area contributed by atoms with E-state index in [4.69, 9.17) is 4.74 Å². The van der Waals surface area contributed by atoms with E-state index in [1.807, 2.05) is 12.1 Å². The first-order chi connectivity index (χ1) is 14.6. The lowest BCUT2D eigenvalue weighted by atomic mass is 10.0. The molecular weight excluding hydrogens is 385 g/mol. The van der Waals surface area contributed by atoms with Gasteiger partial charge < -0.3 is 15.0 Å². The zero-order chi connectivity index (χ0) is 20.9. The summed E-state index contributed by atoms with van der Waals surface area (Å²) < 4.78 is 18.8. The molecule has 2 aromatic rings. The van der Waals surface area contributed by atoms with Gasteiger partial charge in [-0.3, -0.25) is 14.5 Å². The number of ether oxygens (including phenoxy) is 1. The molecule has 4 rings (SSSR count). The summed E-state index contributed by atoms with van der Waals surface area (Å²) in [6.45, 7) is 3.94. The molecule has 30 heavy (non-hydrogen) atoms. The third kappa shape index (κ3) is 4.68. The van der Waals surface area contributed by atoms with Gasteiger partial charge in [-0.1, -0.05) is 12.1 Å². The number of morpholine rings is 1. The molecule has 2 aliphatic rings. The monoisotopic (exact) mass is 411 g/mol. The number of rotatable bonds is 6. The van der Waals surface area contributed by atoms with Crippen LogP contribution in [0, 0.1) is 5.82 Å². The molecule has 0 spiro atoms. The molecule has 2 aromatic carbocycles. The van der Waals surface area contributed by atoms with Gasteiger partial charge in [-0.2, -0.15) is 0 Å². The molecule has 0 aliphatic carbocycles. The summed E-state index contributed by atoms with van der Waals surface area (Å²) in [6, 6.07) is 13.5. The van der Waals surface area contributed by atoms with Crippen molar-refractivity contribution < 1.29 is 18.7 Å². The second kappa shape index (κ2) is 9.36. The fraction of sp³-hybridized carbons (Fsp3) is 0.391. The minimum Gasteiger partial charge on any atom is -0.379 e. The standard InChI is InChI=1S/C23H26FN3O3/c24-19-7-3-17(4-8-19)21(26-12-14-30-15-13-26)16-25-23(29)18-5-9-20(10-6-18)27-11-1-2-22(27)28/h3-10,21H,1-2,11-16H2,(H,25,29)/t21-/m0/s1. The van der Waals surface area contributed by atoms with E-state index in [0.717, 1.165) is 37.3 Å². The summed E-state index contributed by atoms with van der Waals surface area (Å²) >= 11 is 0. The van der Waals surface area contributed by atoms with Crippen LogP contribution in [0.4, 0.5) is 10.1 Å². The van der Waals surface area contributed by atoms with Gasteiger partial charge in [-0.25, -0.2) is 4.39 Å². The molecule has 6 nitrogen and oxygen atoms in total. The van der Waals surface area contributed by atoms with Crippen LogP contribution in [0.2, 0.25) is 0 Å². The lowest BCUT2D eigenvalue weighted by molar-refractivity contribution is -0.117. The second-order valence-corrected chi connectivity index (χ2v) is 7.62. The van der Waals surface area contributed by atoms with Crippen LogP contribution in [0.15, 0.2) is 48.5 Å². The fourth-order valence-corrected chi connectivity index (χ4v) is 4.04. The molecule has 1 atom stereocenters. The van der Waals surface area contributed by atoms with Gasteiger partial charge in [0.2, 0.25) is 5.91 Å². The van der Waals surface area contributed by atoms with Gasteiger partial charge in [0.25, 0.3) is 5.91 Å². The van der Waals surface area contributed by atoms with E-state index in [1.54, 1.807) is 29.2 Å². The van der Waals surface area contributed by atoms with Crippen molar-refractivity contribution in [3.8, 4) is 0 Å². The minimum atomic E-state index is -0.278. The maximum atomic E-state index is 13.4. The number of hydrogen-bond acceptors (Lipinski definition) is 4. The van der Waals surface area contributed by atoms with E-state index in [9.17, 15) is 14.0 Å². The van der Waals surface area contributed by atoms with Gasteiger partial charge in [0, 0.05) is 43.9 Å². The predicted octanol–water partition coefficient (Wildman–Crippen LogP) is 2.76. The Balaban J connectivity index is 1.42. The number of hydrogen-bond donors (Lipinski definition) is 1. The molecule has 7 heteroatoms. The van der Waals surface area contributed by atoms with Crippen molar-refractivity contribution in [3.05, 3.63) is 65.5 Å². The molecule has 0 unspecified atom stereocenters. The number of nitrogens with one attached hydrogen (secondary N) is 1. The van der Waals surface area contributed by atoms with Gasteiger partial charge in [0.1, 0.15) is 5.82 Å². The maximum absolute atomic E-state index is 13.4. The Hall–Kier alpha value is -2.77. The molecule has 2 heterocycles. The third-order valence-corrected chi connectivity index (χ3v) is 5.71. The second-order valence-electron chi connectivity index (χ2n) is 7.62. The van der Waals surface area contributed by atoms with E-state index >= 15 is 0 Å². The Morgan fingerprint density at radius 2 is 1.73 bits per heavy atom. The van der Waals surface area contributed by atoms with Crippen molar-refractivity contribution in [1.29, 1.82) is 0 Å². The van der Waals surface area contributed by atoms with Crippen LogP contribution in [0.1, 0.15) is 34.8 Å². The van der Waals surface area contributed by atoms with E-state index in [-0.39, 0.29) is 23.7 Å². The van der Waals surface area contributed by atoms with Gasteiger partial charge in [-0.15, -0.1) is 0 Å². The summed E-state index contributed by atoms with van der Waals surface area (Å²) in [5, 5.41) is 3.01. The van der Waals surface area contributed by atoms with E-state index < -0.39 is 0 Å². The minimum absolute atomic E-state index is 0.0556. The van der Waals surface area contributed by atoms with Gasteiger partial charge in [0.15, 0.2) is 0 Å². The number of benzene rings is 2. The molecule has 2 aliphatic heterocycles. The number of nitrogens with zero attached hydrogens (tertiary/aromatic N) is 2. The zero-order valence-electron chi connectivity index (χ0n) is 16.9. The number of carbonyl (C=O) groups excluding carboxylic acids is 2. The van der Waals surface area contributed by atoms with E-state index in [2.05, 4.69) is 10.2 Å². The molecule has 0 radical (unpaired) electrons. The molecule has 2 amide bonds. The van der Waals surface area contributed by atoms with Crippen molar-refractivity contribution in [2.45, 2.75) is 18.9 Å². The highest BCUT2D eigenvalue weighted by molar-refractivity contribution is 5.97. The van der Waals surface area contributed by atoms with Crippen LogP contribution in [-0.4, -0.2) is 56.1 Å². The Bertz CT molecular complexity index is 880. The molecule has 2 saturated heterocycles. The third-order valence-electron chi connectivity index (χ3n) is 5.71. The van der Waals surface area contributed by atoms with Crippen molar-refractivity contribution in [2.75, 3.05) is 44.3 Å². The summed E-state index contributed by atoms with van der Waals surface area (Å²) in [5.41, 5.74) is 2.33. The molecule has 0 saturated carbocycles. The first-order valence-corrected chi connectivity index (χ1v) is 10.4. The maximum Gasteiger partial charge on any atom is 0.251 e. The average molecular weight is 411 g/mol. The molecule has 1 N–H and O–H groups in total. The van der Waals surface area contributed by atoms with Crippen LogP contribution < -0.4 is 10.2 Å². The Labute approximate surface area is 175 Å². The predicted molar refractivity (Wildman–Crippen MR) is 112 cm³/mol. The van der Waals surface area contributed by atoms with Gasteiger partial charge in [0.05, 0.1) is 19.3 Å². The molecular formula is C23H26FN3O3. The highest BCUT2D eigenvalue weighted by Gasteiger charge is 2.24. The van der Waals surface area contributed by atoms with Gasteiger partial charge in [-0.05, 0) is 48.4 Å². The summed E-state index contributed by atoms with van der Waals surface area (Å²) in [7, 11) is 0. The molecule has 0 bridgehead atoms. The van der Waals surface area contributed by atoms with Crippen molar-refractivity contribution >= 4 is 17.5 Å². The fourth-order valence-electron chi connectivity index (χ4n) is 4.04. The molecule has 2 fully saturated rings. The Morgan fingerprint density at radius 1 is 1.03 bits per heavy atom. The molecule has 0 aromatic heterocycles. The zero-order valence-corrected chi connectivity index (χ0v) is 16.9. The average Bonchev–Trinajstić information content (AvgIpc) is 3.21. The smallest absolute Gasteiger partial charge is 0.251 e. The van der Waals surface area contributed by atoms with E-state index in [0.29, 0.717) is 31.7 Å². The van der Waals surface area contributed by atoms with Crippen molar-refractivity contribution in [3.63, 3.8) is 0 Å². The Kier molecular flexibility index (Phi) is 6.40. The van der Waals surface area contributed by atoms with Crippen LogP contribution in [0.3, 0.4) is 0 Å². The van der Waals surface area contributed by atoms with Crippen LogP contribution >= 0.6 is 0 Å². The number of halogens is 1. The Morgan fingerprint density at radius 3 is 2.37 bits per heavy atom. The van der Waals surface area contributed by atoms with Crippen LogP contribution in [0.5, 0.6) is 0 Å². The normalized spacial score (nSPS) is 18.4. The SMILES string of the molecule is O=C(NC[C@@H](c1ccc(F)cc1)N1CCOCC1)c1ccc(N2CCCC2=O)cc1. The van der Waals surface area contributed by atoms with Gasteiger partial charge >= 0.3 is 0 Å². The number of carbonyl (C=O) groups is 2. The van der Waals surface area contributed by atoms with Crippen molar-refractivity contribution in [2.24, 2.45) is 0 Å². The van der Waals surface area contributed by atoms with Crippen LogP contribution in [0.25, 0.3) is 0 Å². The number of amides is 2. The first kappa shape index (κ1) is 20.5. The highest BCUT2D eigenvalue weighted by Crippen LogP contribution is 2.23. The largest absolute Gasteiger partial charge is 0.379 e. The lowest BCUT2D eigenvalue weighted by Crippen LogP contribution is -2.43. The lowest BCUT2D eigenvalue weighted by Gasteiger charge is -2.35.